The average Bonchev–Trinajstić information content (AvgIpc) is 2.67. The number of aryl methyl sites for hydroxylation is 1. The maximum Gasteiger partial charge on any atom is 0.150 e. The van der Waals surface area contributed by atoms with Gasteiger partial charge in [-0.2, -0.15) is 0 Å². The van der Waals surface area contributed by atoms with Crippen LogP contribution in [0.2, 0.25) is 5.02 Å². The summed E-state index contributed by atoms with van der Waals surface area (Å²) >= 11 is 5.88. The Hall–Kier alpha value is -1.59. The zero-order valence-electron chi connectivity index (χ0n) is 16.5. The Kier molecular flexibility index (Phi) is 6.66. The number of nitrogens with zero attached hydrogens (tertiary/aromatic N) is 2. The Morgan fingerprint density at radius 3 is 2.54 bits per heavy atom. The third-order valence-corrected chi connectivity index (χ3v) is 6.07. The van der Waals surface area contributed by atoms with Crippen LogP contribution >= 0.6 is 11.6 Å². The van der Waals surface area contributed by atoms with Gasteiger partial charge in [0.2, 0.25) is 0 Å². The van der Waals surface area contributed by atoms with Crippen molar-refractivity contribution in [1.29, 1.82) is 0 Å². The molecule has 2 heterocycles. The van der Waals surface area contributed by atoms with Gasteiger partial charge in [0.15, 0.2) is 11.6 Å². The lowest BCUT2D eigenvalue weighted by atomic mass is 9.87. The standard InChI is InChI=1S/C22H26ClF3N2/c1-4-18-20(24)14(3)21(25)19(27-18)11-15-8-9-28(13(2)10-15)12-16-6-5-7-17(23)22(16)26/h5-7,13,15H,4,8-12H2,1-3H3/t13-,15?/m1/s1. The highest BCUT2D eigenvalue weighted by molar-refractivity contribution is 6.30. The summed E-state index contributed by atoms with van der Waals surface area (Å²) in [4.78, 5) is 6.48. The minimum Gasteiger partial charge on any atom is -0.296 e. The van der Waals surface area contributed by atoms with Gasteiger partial charge in [-0.25, -0.2) is 13.2 Å². The molecule has 6 heteroatoms. The van der Waals surface area contributed by atoms with Gasteiger partial charge in [0.25, 0.3) is 0 Å². The Labute approximate surface area is 169 Å². The van der Waals surface area contributed by atoms with Crippen molar-refractivity contribution in [2.45, 2.75) is 59.0 Å². The van der Waals surface area contributed by atoms with E-state index in [0.29, 0.717) is 36.3 Å². The number of halogens is 4. The van der Waals surface area contributed by atoms with Gasteiger partial charge in [-0.15, -0.1) is 0 Å². The molecule has 2 nitrogen and oxygen atoms in total. The maximum absolute atomic E-state index is 14.5. The number of aromatic nitrogens is 1. The molecule has 0 saturated carbocycles. The first-order chi connectivity index (χ1) is 13.3. The predicted octanol–water partition coefficient (Wildman–Crippen LogP) is 5.87. The number of benzene rings is 1. The topological polar surface area (TPSA) is 16.1 Å². The van der Waals surface area contributed by atoms with Crippen LogP contribution in [-0.2, 0) is 19.4 Å². The number of likely N-dealkylation sites (tertiary alicyclic amines) is 1. The van der Waals surface area contributed by atoms with Gasteiger partial charge in [0.05, 0.1) is 16.4 Å². The molecule has 0 aliphatic carbocycles. The molecule has 28 heavy (non-hydrogen) atoms. The number of piperidine rings is 1. The molecular weight excluding hydrogens is 385 g/mol. The number of hydrogen-bond acceptors (Lipinski definition) is 2. The van der Waals surface area contributed by atoms with Gasteiger partial charge < -0.3 is 0 Å². The van der Waals surface area contributed by atoms with Gasteiger partial charge in [-0.05, 0) is 58.1 Å². The van der Waals surface area contributed by atoms with E-state index in [1.54, 1.807) is 18.2 Å². The molecular formula is C22H26ClF3N2. The van der Waals surface area contributed by atoms with E-state index in [4.69, 9.17) is 11.6 Å². The highest BCUT2D eigenvalue weighted by atomic mass is 35.5. The first kappa shape index (κ1) is 21.1. The van der Waals surface area contributed by atoms with E-state index in [1.165, 1.54) is 6.92 Å². The quantitative estimate of drug-likeness (QED) is 0.613. The van der Waals surface area contributed by atoms with Gasteiger partial charge in [-0.3, -0.25) is 9.88 Å². The molecule has 0 amide bonds. The summed E-state index contributed by atoms with van der Waals surface area (Å²) in [5.74, 6) is -1.15. The molecule has 1 fully saturated rings. The third kappa shape index (κ3) is 4.36. The average molecular weight is 411 g/mol. The van der Waals surface area contributed by atoms with Crippen LogP contribution in [-0.4, -0.2) is 22.5 Å². The van der Waals surface area contributed by atoms with E-state index in [-0.39, 0.29) is 28.4 Å². The lowest BCUT2D eigenvalue weighted by Gasteiger charge is -2.38. The smallest absolute Gasteiger partial charge is 0.150 e. The summed E-state index contributed by atoms with van der Waals surface area (Å²) in [6, 6.07) is 5.29. The van der Waals surface area contributed by atoms with Crippen LogP contribution in [0, 0.1) is 30.3 Å². The molecule has 2 atom stereocenters. The van der Waals surface area contributed by atoms with Gasteiger partial charge >= 0.3 is 0 Å². The van der Waals surface area contributed by atoms with Crippen molar-refractivity contribution >= 4 is 11.6 Å². The van der Waals surface area contributed by atoms with Crippen molar-refractivity contribution in [2.75, 3.05) is 6.54 Å². The van der Waals surface area contributed by atoms with Gasteiger partial charge in [0.1, 0.15) is 5.82 Å². The van der Waals surface area contributed by atoms with Crippen LogP contribution < -0.4 is 0 Å². The SMILES string of the molecule is CCc1nc(CC2CCN(Cc3cccc(Cl)c3F)[C@H](C)C2)c(F)c(C)c1F. The predicted molar refractivity (Wildman–Crippen MR) is 106 cm³/mol. The second kappa shape index (κ2) is 8.83. The number of pyridine rings is 1. The van der Waals surface area contributed by atoms with Crippen molar-refractivity contribution < 1.29 is 13.2 Å². The summed E-state index contributed by atoms with van der Waals surface area (Å²) in [7, 11) is 0. The van der Waals surface area contributed by atoms with Crippen LogP contribution in [0.15, 0.2) is 18.2 Å². The largest absolute Gasteiger partial charge is 0.296 e. The van der Waals surface area contributed by atoms with Gasteiger partial charge in [-0.1, -0.05) is 30.7 Å². The van der Waals surface area contributed by atoms with Gasteiger partial charge in [0, 0.05) is 23.7 Å². The summed E-state index contributed by atoms with van der Waals surface area (Å²) in [5, 5.41) is 0.139. The number of hydrogen-bond donors (Lipinski definition) is 0. The lowest BCUT2D eigenvalue weighted by molar-refractivity contribution is 0.113. The fraction of sp³-hybridized carbons (Fsp3) is 0.500. The van der Waals surface area contributed by atoms with Crippen molar-refractivity contribution in [3.8, 4) is 0 Å². The second-order valence-corrected chi connectivity index (χ2v) is 8.15. The fourth-order valence-corrected chi connectivity index (χ4v) is 4.26. The summed E-state index contributed by atoms with van der Waals surface area (Å²) in [6.45, 7) is 6.69. The van der Waals surface area contributed by atoms with Crippen LogP contribution in [0.1, 0.15) is 49.2 Å². The van der Waals surface area contributed by atoms with E-state index in [9.17, 15) is 13.2 Å². The molecule has 0 radical (unpaired) electrons. The Balaban J connectivity index is 1.68. The van der Waals surface area contributed by atoms with Crippen molar-refractivity contribution in [2.24, 2.45) is 5.92 Å². The lowest BCUT2D eigenvalue weighted by Crippen LogP contribution is -2.41. The van der Waals surface area contributed by atoms with Crippen LogP contribution in [0.4, 0.5) is 13.2 Å². The molecule has 0 bridgehead atoms. The maximum atomic E-state index is 14.5. The Morgan fingerprint density at radius 2 is 1.86 bits per heavy atom. The monoisotopic (exact) mass is 410 g/mol. The van der Waals surface area contributed by atoms with E-state index in [1.807, 2.05) is 6.92 Å². The zero-order valence-corrected chi connectivity index (χ0v) is 17.3. The second-order valence-electron chi connectivity index (χ2n) is 7.74. The van der Waals surface area contributed by atoms with Crippen molar-refractivity contribution in [3.63, 3.8) is 0 Å². The first-order valence-corrected chi connectivity index (χ1v) is 10.2. The van der Waals surface area contributed by atoms with E-state index >= 15 is 0 Å². The molecule has 2 aromatic rings. The summed E-state index contributed by atoms with van der Waals surface area (Å²) in [6.07, 6.45) is 2.68. The zero-order chi connectivity index (χ0) is 20.4. The number of rotatable bonds is 5. The Bertz CT molecular complexity index is 856. The van der Waals surface area contributed by atoms with Crippen LogP contribution in [0.5, 0.6) is 0 Å². The molecule has 1 unspecified atom stereocenters. The highest BCUT2D eigenvalue weighted by Gasteiger charge is 2.28. The minimum absolute atomic E-state index is 0.0590. The van der Waals surface area contributed by atoms with Crippen molar-refractivity contribution in [1.82, 2.24) is 9.88 Å². The first-order valence-electron chi connectivity index (χ1n) is 9.82. The van der Waals surface area contributed by atoms with E-state index < -0.39 is 11.6 Å². The molecule has 0 spiro atoms. The normalized spacial score (nSPS) is 20.5. The third-order valence-electron chi connectivity index (χ3n) is 5.78. The van der Waals surface area contributed by atoms with Crippen LogP contribution in [0.25, 0.3) is 0 Å². The molecule has 1 aliphatic rings. The highest BCUT2D eigenvalue weighted by Crippen LogP contribution is 2.30. The Morgan fingerprint density at radius 1 is 1.14 bits per heavy atom. The van der Waals surface area contributed by atoms with E-state index in [2.05, 4.69) is 16.8 Å². The van der Waals surface area contributed by atoms with Crippen molar-refractivity contribution in [3.05, 3.63) is 63.2 Å². The fourth-order valence-electron chi connectivity index (χ4n) is 4.06. The minimum atomic E-state index is -0.532. The molecule has 1 aromatic carbocycles. The molecule has 152 valence electrons. The molecule has 1 aromatic heterocycles. The summed E-state index contributed by atoms with van der Waals surface area (Å²) in [5.41, 5.74) is 1.34. The summed E-state index contributed by atoms with van der Waals surface area (Å²) < 4.78 is 42.8. The molecule has 0 N–H and O–H groups in total. The van der Waals surface area contributed by atoms with E-state index in [0.717, 1.165) is 19.4 Å². The molecule has 3 rings (SSSR count). The van der Waals surface area contributed by atoms with Crippen LogP contribution in [0.3, 0.4) is 0 Å². The molecule has 1 saturated heterocycles. The molecule has 1 aliphatic heterocycles.